The maximum atomic E-state index is 13.0. The number of carbonyl (C=O) groups is 1. The first-order valence-electron chi connectivity index (χ1n) is 5.61. The third-order valence-corrected chi connectivity index (χ3v) is 2.76. The topological polar surface area (TPSA) is 55.1 Å². The number of benzene rings is 1. The molecule has 0 saturated carbocycles. The minimum Gasteiger partial charge on any atom is -0.392 e. The minimum absolute atomic E-state index is 0.0817. The molecule has 1 aromatic rings. The molecule has 0 aromatic heterocycles. The average Bonchev–Trinajstić information content (AvgIpc) is 2.34. The summed E-state index contributed by atoms with van der Waals surface area (Å²) in [6.45, 7) is 1.87. The van der Waals surface area contributed by atoms with Crippen LogP contribution in [0.1, 0.15) is 30.1 Å². The molecule has 1 unspecified atom stereocenters. The van der Waals surface area contributed by atoms with Gasteiger partial charge in [-0.05, 0) is 18.6 Å². The lowest BCUT2D eigenvalue weighted by Crippen LogP contribution is -2.43. The zero-order valence-electron chi connectivity index (χ0n) is 10.2. The van der Waals surface area contributed by atoms with E-state index in [1.807, 2.05) is 6.92 Å². The molecule has 1 rings (SSSR count). The lowest BCUT2D eigenvalue weighted by molar-refractivity contribution is 0.0944. The molecule has 0 radical (unpaired) electrons. The van der Waals surface area contributed by atoms with Crippen LogP contribution in [0.2, 0.25) is 0 Å². The standard InChI is InChI=1S/C12H13F3N2OS/c1-2-3-9(11(16)19)17-12(18)6-4-7(13)10(15)8(14)5-6/h4-5,9H,2-3H2,1H3,(H2,16,19)(H,17,18). The molecular formula is C12H13F3N2OS. The number of hydrogen-bond donors (Lipinski definition) is 2. The van der Waals surface area contributed by atoms with Crippen LogP contribution in [0.4, 0.5) is 13.2 Å². The van der Waals surface area contributed by atoms with E-state index in [1.54, 1.807) is 0 Å². The number of halogens is 3. The molecule has 3 N–H and O–H groups in total. The second-order valence-electron chi connectivity index (χ2n) is 3.97. The average molecular weight is 290 g/mol. The highest BCUT2D eigenvalue weighted by Crippen LogP contribution is 2.14. The van der Waals surface area contributed by atoms with Crippen molar-refractivity contribution < 1.29 is 18.0 Å². The zero-order chi connectivity index (χ0) is 14.6. The molecule has 7 heteroatoms. The Labute approximate surface area is 114 Å². The molecule has 1 aromatic carbocycles. The van der Waals surface area contributed by atoms with E-state index in [-0.39, 0.29) is 10.6 Å². The third kappa shape index (κ3) is 3.92. The molecule has 3 nitrogen and oxygen atoms in total. The van der Waals surface area contributed by atoms with Gasteiger partial charge >= 0.3 is 0 Å². The van der Waals surface area contributed by atoms with E-state index >= 15 is 0 Å². The summed E-state index contributed by atoms with van der Waals surface area (Å²) in [6, 6.07) is 0.677. The summed E-state index contributed by atoms with van der Waals surface area (Å²) in [7, 11) is 0. The van der Waals surface area contributed by atoms with Gasteiger partial charge in [-0.3, -0.25) is 4.79 Å². The first-order chi connectivity index (χ1) is 8.86. The van der Waals surface area contributed by atoms with Crippen LogP contribution in [-0.2, 0) is 0 Å². The Morgan fingerprint density at radius 1 is 1.37 bits per heavy atom. The predicted octanol–water partition coefficient (Wildman–Crippen LogP) is 2.29. The van der Waals surface area contributed by atoms with E-state index in [4.69, 9.17) is 18.0 Å². The Morgan fingerprint density at radius 2 is 1.89 bits per heavy atom. The van der Waals surface area contributed by atoms with Crippen LogP contribution in [0.25, 0.3) is 0 Å². The fourth-order valence-electron chi connectivity index (χ4n) is 1.50. The molecule has 0 aliphatic carbocycles. The number of nitrogens with one attached hydrogen (secondary N) is 1. The number of hydrogen-bond acceptors (Lipinski definition) is 2. The lowest BCUT2D eigenvalue weighted by Gasteiger charge is -2.16. The Morgan fingerprint density at radius 3 is 2.32 bits per heavy atom. The van der Waals surface area contributed by atoms with Gasteiger partial charge in [-0.25, -0.2) is 13.2 Å². The molecule has 1 atom stereocenters. The molecule has 104 valence electrons. The van der Waals surface area contributed by atoms with Crippen molar-refractivity contribution in [1.29, 1.82) is 0 Å². The molecule has 0 saturated heterocycles. The van der Waals surface area contributed by atoms with Crippen molar-refractivity contribution in [2.75, 3.05) is 0 Å². The Hall–Kier alpha value is -1.63. The van der Waals surface area contributed by atoms with Crippen molar-refractivity contribution in [3.8, 4) is 0 Å². The van der Waals surface area contributed by atoms with Gasteiger partial charge in [0.25, 0.3) is 5.91 Å². The molecule has 1 amide bonds. The first kappa shape index (κ1) is 15.4. The number of thiocarbonyl (C=S) groups is 1. The molecule has 19 heavy (non-hydrogen) atoms. The van der Waals surface area contributed by atoms with Gasteiger partial charge in [0, 0.05) is 5.56 Å². The predicted molar refractivity (Wildman–Crippen MR) is 69.3 cm³/mol. The van der Waals surface area contributed by atoms with Crippen LogP contribution in [0, 0.1) is 17.5 Å². The number of nitrogens with two attached hydrogens (primary N) is 1. The van der Waals surface area contributed by atoms with Gasteiger partial charge in [0.05, 0.1) is 11.0 Å². The highest BCUT2D eigenvalue weighted by molar-refractivity contribution is 7.80. The fraction of sp³-hybridized carbons (Fsp3) is 0.333. The van der Waals surface area contributed by atoms with Crippen LogP contribution in [0.3, 0.4) is 0 Å². The monoisotopic (exact) mass is 290 g/mol. The van der Waals surface area contributed by atoms with Gasteiger partial charge < -0.3 is 11.1 Å². The van der Waals surface area contributed by atoms with Gasteiger partial charge in [0.15, 0.2) is 17.5 Å². The van der Waals surface area contributed by atoms with Crippen molar-refractivity contribution >= 4 is 23.1 Å². The Bertz CT molecular complexity index is 485. The molecule has 0 heterocycles. The van der Waals surface area contributed by atoms with Gasteiger partial charge in [-0.2, -0.15) is 0 Å². The van der Waals surface area contributed by atoms with E-state index in [2.05, 4.69) is 5.32 Å². The zero-order valence-corrected chi connectivity index (χ0v) is 11.0. The van der Waals surface area contributed by atoms with Crippen LogP contribution in [0.5, 0.6) is 0 Å². The van der Waals surface area contributed by atoms with Gasteiger partial charge in [0.1, 0.15) is 0 Å². The summed E-state index contributed by atoms with van der Waals surface area (Å²) in [5.41, 5.74) is 5.12. The maximum absolute atomic E-state index is 13.0. The quantitative estimate of drug-likeness (QED) is 0.646. The summed E-state index contributed by atoms with van der Waals surface area (Å²) < 4.78 is 38.8. The van der Waals surface area contributed by atoms with Crippen molar-refractivity contribution in [2.24, 2.45) is 5.73 Å². The van der Waals surface area contributed by atoms with Crippen LogP contribution >= 0.6 is 12.2 Å². The van der Waals surface area contributed by atoms with E-state index < -0.39 is 29.4 Å². The van der Waals surface area contributed by atoms with Crippen molar-refractivity contribution in [2.45, 2.75) is 25.8 Å². The lowest BCUT2D eigenvalue weighted by atomic mass is 10.1. The molecule has 0 fully saturated rings. The van der Waals surface area contributed by atoms with Crippen molar-refractivity contribution in [3.63, 3.8) is 0 Å². The number of carbonyl (C=O) groups excluding carboxylic acids is 1. The van der Waals surface area contributed by atoms with Crippen molar-refractivity contribution in [3.05, 3.63) is 35.1 Å². The second-order valence-corrected chi connectivity index (χ2v) is 4.44. The van der Waals surface area contributed by atoms with E-state index in [0.717, 1.165) is 0 Å². The highest BCUT2D eigenvalue weighted by Gasteiger charge is 2.18. The van der Waals surface area contributed by atoms with Gasteiger partial charge in [0.2, 0.25) is 0 Å². The van der Waals surface area contributed by atoms with E-state index in [1.165, 1.54) is 0 Å². The Balaban J connectivity index is 2.91. The Kier molecular flexibility index (Phi) is 5.29. The number of rotatable bonds is 5. The third-order valence-electron chi connectivity index (χ3n) is 2.47. The summed E-state index contributed by atoms with van der Waals surface area (Å²) in [5.74, 6) is -5.22. The van der Waals surface area contributed by atoms with Crippen molar-refractivity contribution in [1.82, 2.24) is 5.32 Å². The van der Waals surface area contributed by atoms with Gasteiger partial charge in [-0.1, -0.05) is 25.6 Å². The first-order valence-corrected chi connectivity index (χ1v) is 6.02. The van der Waals surface area contributed by atoms with Gasteiger partial charge in [-0.15, -0.1) is 0 Å². The molecule has 0 aliphatic heterocycles. The van der Waals surface area contributed by atoms with Crippen LogP contribution in [0.15, 0.2) is 12.1 Å². The van der Waals surface area contributed by atoms with E-state index in [9.17, 15) is 18.0 Å². The molecule has 0 aliphatic rings. The second kappa shape index (κ2) is 6.51. The molecular weight excluding hydrogens is 277 g/mol. The fourth-order valence-corrected chi connectivity index (χ4v) is 1.68. The summed E-state index contributed by atoms with van der Waals surface area (Å²) in [6.07, 6.45) is 1.22. The minimum atomic E-state index is -1.61. The summed E-state index contributed by atoms with van der Waals surface area (Å²) in [5, 5.41) is 2.45. The molecule has 0 spiro atoms. The van der Waals surface area contributed by atoms with E-state index in [0.29, 0.717) is 25.0 Å². The molecule has 0 bridgehead atoms. The SMILES string of the molecule is CCCC(NC(=O)c1cc(F)c(F)c(F)c1)C(N)=S. The normalized spacial score (nSPS) is 12.0. The van der Waals surface area contributed by atoms with Crippen LogP contribution in [-0.4, -0.2) is 16.9 Å². The van der Waals surface area contributed by atoms with Crippen LogP contribution < -0.4 is 11.1 Å². The smallest absolute Gasteiger partial charge is 0.252 e. The highest BCUT2D eigenvalue weighted by atomic mass is 32.1. The maximum Gasteiger partial charge on any atom is 0.252 e. The largest absolute Gasteiger partial charge is 0.392 e. The number of amides is 1. The summed E-state index contributed by atoms with van der Waals surface area (Å²) >= 11 is 4.78. The summed E-state index contributed by atoms with van der Waals surface area (Å²) in [4.78, 5) is 11.8.